The van der Waals surface area contributed by atoms with Gasteiger partial charge in [0.15, 0.2) is 0 Å². The van der Waals surface area contributed by atoms with Gasteiger partial charge in [0, 0.05) is 31.2 Å². The maximum atomic E-state index is 8.83. The van der Waals surface area contributed by atoms with Gasteiger partial charge in [0.05, 0.1) is 6.54 Å². The van der Waals surface area contributed by atoms with Crippen LogP contribution in [0.15, 0.2) is 42.6 Å². The highest BCUT2D eigenvalue weighted by atomic mass is 16.2. The smallest absolute Gasteiger partial charge is 0.0553 e. The normalized spacial score (nSPS) is 10.5. The van der Waals surface area contributed by atoms with E-state index in [1.165, 1.54) is 5.69 Å². The molecule has 0 aliphatic rings. The van der Waals surface area contributed by atoms with Crippen molar-refractivity contribution >= 4 is 5.69 Å². The summed E-state index contributed by atoms with van der Waals surface area (Å²) in [5.74, 6) is 0. The van der Waals surface area contributed by atoms with Crippen LogP contribution in [0.2, 0.25) is 0 Å². The number of aromatic nitrogens is 1. The number of benzene rings is 1. The molecule has 0 spiro atoms. The van der Waals surface area contributed by atoms with Crippen LogP contribution in [0.1, 0.15) is 11.3 Å². The Morgan fingerprint density at radius 3 is 2.53 bits per heavy atom. The molecule has 90 valence electrons. The molecule has 1 aromatic carbocycles. The summed E-state index contributed by atoms with van der Waals surface area (Å²) in [5, 5.41) is 12.2. The summed E-state index contributed by atoms with van der Waals surface area (Å²) in [7, 11) is 2.04. The summed E-state index contributed by atoms with van der Waals surface area (Å²) in [6, 6.07) is 12.3. The fraction of sp³-hybridized carbons (Fsp3) is 0.286. The number of aliphatic hydroxyl groups is 1. The number of hydrogen-bond donors (Lipinski definition) is 2. The highest BCUT2D eigenvalue weighted by Gasteiger charge is 1.97. The molecule has 3 nitrogen and oxygen atoms in total. The van der Waals surface area contributed by atoms with Crippen LogP contribution in [-0.4, -0.2) is 16.3 Å². The summed E-state index contributed by atoms with van der Waals surface area (Å²) < 4.78 is 2.10. The average molecular weight is 230 g/mol. The van der Waals surface area contributed by atoms with Gasteiger partial charge >= 0.3 is 0 Å². The second-order valence-electron chi connectivity index (χ2n) is 4.13. The van der Waals surface area contributed by atoms with Gasteiger partial charge in [0.1, 0.15) is 0 Å². The quantitative estimate of drug-likeness (QED) is 0.826. The number of rotatable bonds is 5. The van der Waals surface area contributed by atoms with E-state index < -0.39 is 0 Å². The Morgan fingerprint density at radius 1 is 1.18 bits per heavy atom. The van der Waals surface area contributed by atoms with E-state index in [4.69, 9.17) is 5.11 Å². The maximum Gasteiger partial charge on any atom is 0.0553 e. The molecule has 0 fully saturated rings. The van der Waals surface area contributed by atoms with Crippen molar-refractivity contribution in [3.8, 4) is 0 Å². The fourth-order valence-electron chi connectivity index (χ4n) is 1.79. The minimum atomic E-state index is 0.204. The molecule has 0 aliphatic carbocycles. The van der Waals surface area contributed by atoms with Crippen molar-refractivity contribution in [1.29, 1.82) is 0 Å². The van der Waals surface area contributed by atoms with Gasteiger partial charge in [-0.2, -0.15) is 0 Å². The van der Waals surface area contributed by atoms with Gasteiger partial charge in [0.25, 0.3) is 0 Å². The molecule has 0 atom stereocenters. The molecule has 2 rings (SSSR count). The zero-order valence-corrected chi connectivity index (χ0v) is 10.1. The largest absolute Gasteiger partial charge is 0.396 e. The van der Waals surface area contributed by atoms with Crippen molar-refractivity contribution in [3.63, 3.8) is 0 Å². The Labute approximate surface area is 102 Å². The van der Waals surface area contributed by atoms with Crippen LogP contribution in [0.3, 0.4) is 0 Å². The molecule has 0 radical (unpaired) electrons. The van der Waals surface area contributed by atoms with Crippen molar-refractivity contribution in [3.05, 3.63) is 53.9 Å². The van der Waals surface area contributed by atoms with Crippen molar-refractivity contribution in [1.82, 2.24) is 4.57 Å². The van der Waals surface area contributed by atoms with E-state index in [0.717, 1.165) is 24.2 Å². The van der Waals surface area contributed by atoms with Crippen LogP contribution < -0.4 is 5.32 Å². The molecule has 2 aromatic rings. The van der Waals surface area contributed by atoms with Crippen molar-refractivity contribution < 1.29 is 5.11 Å². The number of aliphatic hydroxyl groups excluding tert-OH is 1. The first-order valence-electron chi connectivity index (χ1n) is 5.83. The van der Waals surface area contributed by atoms with Crippen LogP contribution in [0.25, 0.3) is 0 Å². The van der Waals surface area contributed by atoms with E-state index >= 15 is 0 Å². The fourth-order valence-corrected chi connectivity index (χ4v) is 1.79. The lowest BCUT2D eigenvalue weighted by Crippen LogP contribution is -2.03. The molecule has 0 unspecified atom stereocenters. The van der Waals surface area contributed by atoms with Gasteiger partial charge in [-0.15, -0.1) is 0 Å². The number of nitrogens with zero attached hydrogens (tertiary/aromatic N) is 1. The van der Waals surface area contributed by atoms with E-state index in [0.29, 0.717) is 0 Å². The number of hydrogen-bond acceptors (Lipinski definition) is 2. The van der Waals surface area contributed by atoms with Crippen LogP contribution in [0.4, 0.5) is 5.69 Å². The SMILES string of the molecule is Cn1cccc1CNc1ccc(CCO)cc1. The van der Waals surface area contributed by atoms with Gasteiger partial charge in [-0.3, -0.25) is 0 Å². The molecule has 0 saturated carbocycles. The van der Waals surface area contributed by atoms with Crippen LogP contribution >= 0.6 is 0 Å². The van der Waals surface area contributed by atoms with Crippen molar-refractivity contribution in [2.24, 2.45) is 7.05 Å². The molecule has 1 heterocycles. The van der Waals surface area contributed by atoms with Crippen molar-refractivity contribution in [2.75, 3.05) is 11.9 Å². The van der Waals surface area contributed by atoms with Gasteiger partial charge in [0.2, 0.25) is 0 Å². The molecule has 2 N–H and O–H groups in total. The molecule has 3 heteroatoms. The third-order valence-electron chi connectivity index (χ3n) is 2.88. The first kappa shape index (κ1) is 11.7. The number of anilines is 1. The van der Waals surface area contributed by atoms with E-state index in [-0.39, 0.29) is 6.61 Å². The first-order chi connectivity index (χ1) is 8.29. The molecular weight excluding hydrogens is 212 g/mol. The molecule has 1 aromatic heterocycles. The number of aryl methyl sites for hydroxylation is 1. The molecule has 0 bridgehead atoms. The summed E-state index contributed by atoms with van der Waals surface area (Å²) in [5.41, 5.74) is 3.52. The topological polar surface area (TPSA) is 37.2 Å². The predicted octanol–water partition coefficient (Wildman–Crippen LogP) is 2.17. The molecule has 17 heavy (non-hydrogen) atoms. The Hall–Kier alpha value is -1.74. The monoisotopic (exact) mass is 230 g/mol. The van der Waals surface area contributed by atoms with E-state index in [1.807, 2.05) is 43.6 Å². The molecule has 0 saturated heterocycles. The predicted molar refractivity (Wildman–Crippen MR) is 70.0 cm³/mol. The standard InChI is InChI=1S/C14H18N2O/c1-16-9-2-3-14(16)11-15-13-6-4-12(5-7-13)8-10-17/h2-7,9,15,17H,8,10-11H2,1H3. The maximum absolute atomic E-state index is 8.83. The third kappa shape index (κ3) is 3.11. The third-order valence-corrected chi connectivity index (χ3v) is 2.88. The lowest BCUT2D eigenvalue weighted by atomic mass is 10.1. The zero-order valence-electron chi connectivity index (χ0n) is 10.1. The van der Waals surface area contributed by atoms with Gasteiger partial charge in [-0.1, -0.05) is 12.1 Å². The Balaban J connectivity index is 1.93. The Kier molecular flexibility index (Phi) is 3.83. The Bertz CT molecular complexity index is 459. The van der Waals surface area contributed by atoms with Crippen LogP contribution in [0.5, 0.6) is 0 Å². The minimum absolute atomic E-state index is 0.204. The molecular formula is C14H18N2O. The average Bonchev–Trinajstić information content (AvgIpc) is 2.75. The van der Waals surface area contributed by atoms with E-state index in [1.54, 1.807) is 0 Å². The van der Waals surface area contributed by atoms with E-state index in [9.17, 15) is 0 Å². The molecule has 0 aliphatic heterocycles. The van der Waals surface area contributed by atoms with Crippen LogP contribution in [0, 0.1) is 0 Å². The van der Waals surface area contributed by atoms with E-state index in [2.05, 4.69) is 16.0 Å². The Morgan fingerprint density at radius 2 is 1.94 bits per heavy atom. The highest BCUT2D eigenvalue weighted by Crippen LogP contribution is 2.11. The first-order valence-corrected chi connectivity index (χ1v) is 5.83. The summed E-state index contributed by atoms with van der Waals surface area (Å²) in [4.78, 5) is 0. The summed E-state index contributed by atoms with van der Waals surface area (Å²) in [6.07, 6.45) is 2.76. The number of nitrogens with one attached hydrogen (secondary N) is 1. The molecule has 0 amide bonds. The zero-order chi connectivity index (χ0) is 12.1. The van der Waals surface area contributed by atoms with Gasteiger partial charge in [-0.25, -0.2) is 0 Å². The lowest BCUT2D eigenvalue weighted by molar-refractivity contribution is 0.299. The van der Waals surface area contributed by atoms with Gasteiger partial charge in [-0.05, 0) is 36.2 Å². The summed E-state index contributed by atoms with van der Waals surface area (Å²) in [6.45, 7) is 1.03. The second kappa shape index (κ2) is 5.55. The summed E-state index contributed by atoms with van der Waals surface area (Å²) >= 11 is 0. The van der Waals surface area contributed by atoms with Crippen molar-refractivity contribution in [2.45, 2.75) is 13.0 Å². The minimum Gasteiger partial charge on any atom is -0.396 e. The highest BCUT2D eigenvalue weighted by molar-refractivity contribution is 5.44. The lowest BCUT2D eigenvalue weighted by Gasteiger charge is -2.08. The second-order valence-corrected chi connectivity index (χ2v) is 4.13. The van der Waals surface area contributed by atoms with Gasteiger partial charge < -0.3 is 15.0 Å². The van der Waals surface area contributed by atoms with Crippen LogP contribution in [-0.2, 0) is 20.0 Å².